The second-order valence-corrected chi connectivity index (χ2v) is 32.4. The predicted octanol–water partition coefficient (Wildman–Crippen LogP) is 13.1. The number of sulfonamides is 2. The van der Waals surface area contributed by atoms with E-state index in [-0.39, 0.29) is 97.9 Å². The zero-order valence-corrected chi connectivity index (χ0v) is 68.6. The van der Waals surface area contributed by atoms with Crippen molar-refractivity contribution in [1.29, 1.82) is 0 Å². The molecule has 0 aliphatic carbocycles. The predicted molar refractivity (Wildman–Crippen MR) is 457 cm³/mol. The molecule has 3 unspecified atom stereocenters. The lowest BCUT2D eigenvalue weighted by molar-refractivity contribution is 0.0964. The van der Waals surface area contributed by atoms with E-state index in [4.69, 9.17) is 50.1 Å². The number of carbonyl (C=O) groups is 5. The van der Waals surface area contributed by atoms with Gasteiger partial charge in [0.15, 0.2) is 28.9 Å². The van der Waals surface area contributed by atoms with Crippen molar-refractivity contribution in [2.45, 2.75) is 48.9 Å². The summed E-state index contributed by atoms with van der Waals surface area (Å²) in [7, 11) is -7.66. The van der Waals surface area contributed by atoms with Crippen LogP contribution in [0.4, 0.5) is 17.1 Å². The highest BCUT2D eigenvalue weighted by atomic mass is 35.5. The molecule has 612 valence electrons. The fraction of sp³-hybridized carbons (Fsp3) is 0.0732. The summed E-state index contributed by atoms with van der Waals surface area (Å²) < 4.78 is 125. The van der Waals surface area contributed by atoms with Gasteiger partial charge in [-0.15, -0.1) is 0 Å². The summed E-state index contributed by atoms with van der Waals surface area (Å²) in [6, 6.07) is 72.5. The van der Waals surface area contributed by atoms with E-state index < -0.39 is 53.8 Å². The van der Waals surface area contributed by atoms with Gasteiger partial charge < -0.3 is 50.7 Å². The van der Waals surface area contributed by atoms with E-state index in [9.17, 15) is 67.1 Å². The van der Waals surface area contributed by atoms with Crippen LogP contribution in [0, 0.1) is 0 Å². The maximum absolute atomic E-state index is 13.0. The number of nitrogens with zero attached hydrogens (tertiary/aromatic N) is 10. The van der Waals surface area contributed by atoms with Gasteiger partial charge in [-0.05, 0) is 157 Å². The number of para-hydroxylation sites is 10. The van der Waals surface area contributed by atoms with Crippen LogP contribution < -0.4 is 24.4 Å². The molecule has 0 spiro atoms. The van der Waals surface area contributed by atoms with Crippen LogP contribution in [-0.4, -0.2) is 120 Å². The first-order valence-electron chi connectivity index (χ1n) is 35.5. The number of rotatable bonds is 25. The molecule has 0 aliphatic rings. The third kappa shape index (κ3) is 22.7. The number of halogens is 3. The summed E-state index contributed by atoms with van der Waals surface area (Å²) in [6.45, 7) is 0.525. The summed E-state index contributed by atoms with van der Waals surface area (Å²) in [5.74, 6) is -0.0410. The number of aromatic nitrogens is 10. The van der Waals surface area contributed by atoms with E-state index in [1.54, 1.807) is 73.9 Å². The molecule has 120 heavy (non-hydrogen) atoms. The molecule has 0 fully saturated rings. The number of nitrogens with two attached hydrogens (primary N) is 2. The molecular weight excluding hydrogens is 1700 g/mol. The number of fused-ring (bicyclic) bond motifs is 5. The number of imidazole rings is 5. The van der Waals surface area contributed by atoms with E-state index in [0.29, 0.717) is 39.9 Å². The van der Waals surface area contributed by atoms with Gasteiger partial charge in [-0.1, -0.05) is 138 Å². The second-order valence-electron chi connectivity index (χ2n) is 26.1. The van der Waals surface area contributed by atoms with Crippen molar-refractivity contribution in [2.24, 2.45) is 10.3 Å². The zero-order chi connectivity index (χ0) is 85.4. The smallest absolute Gasteiger partial charge is 0.239 e. The summed E-state index contributed by atoms with van der Waals surface area (Å²) in [6.07, 6.45) is 7.01. The number of nitrogens with one attached hydrogen (secondary N) is 3. The Hall–Kier alpha value is -12.5. The summed E-state index contributed by atoms with van der Waals surface area (Å²) >= 11 is 10.4. The lowest BCUT2D eigenvalue weighted by Crippen LogP contribution is -2.14. The highest BCUT2D eigenvalue weighted by Gasteiger charge is 2.21. The van der Waals surface area contributed by atoms with Crippen molar-refractivity contribution in [3.8, 4) is 0 Å². The monoisotopic (exact) mass is 1760 g/mol. The van der Waals surface area contributed by atoms with E-state index in [1.807, 2.05) is 156 Å². The fourth-order valence-electron chi connectivity index (χ4n) is 12.3. The molecule has 0 radical (unpaired) electrons. The normalized spacial score (nSPS) is 12.0. The Bertz CT molecular complexity index is 6850. The van der Waals surface area contributed by atoms with Crippen molar-refractivity contribution in [2.75, 3.05) is 14.2 Å². The van der Waals surface area contributed by atoms with Gasteiger partial charge in [0, 0.05) is 73.7 Å². The Morgan fingerprint density at radius 2 is 0.717 bits per heavy atom. The molecule has 0 aliphatic heterocycles. The van der Waals surface area contributed by atoms with Crippen molar-refractivity contribution in [1.82, 2.24) is 47.8 Å². The van der Waals surface area contributed by atoms with Crippen molar-refractivity contribution in [3.05, 3.63) is 334 Å². The van der Waals surface area contributed by atoms with Gasteiger partial charge in [-0.25, -0.2) is 52.0 Å². The Morgan fingerprint density at radius 1 is 0.358 bits per heavy atom. The molecule has 30 nitrogen and oxygen atoms in total. The number of anilines is 3. The van der Waals surface area contributed by atoms with Gasteiger partial charge in [0.25, 0.3) is 0 Å². The molecule has 0 saturated carbocycles. The number of carbonyl (C=O) groups excluding carboxylic acids is 5. The lowest BCUT2D eigenvalue weighted by Gasteiger charge is -2.13. The van der Waals surface area contributed by atoms with Crippen LogP contribution in [0.5, 0.6) is 0 Å². The van der Waals surface area contributed by atoms with E-state index in [1.165, 1.54) is 72.8 Å². The van der Waals surface area contributed by atoms with Gasteiger partial charge in [0.05, 0.1) is 145 Å². The molecule has 16 rings (SSSR count). The van der Waals surface area contributed by atoms with Crippen LogP contribution in [0.3, 0.4) is 0 Å². The second kappa shape index (κ2) is 39.4. The Labute approximate surface area is 707 Å². The van der Waals surface area contributed by atoms with E-state index >= 15 is 0 Å². The standard InChI is InChI=1S/C22H18ClN3O3S.2C15H12ClN3O3S.2C15H13N3O3S/c23-17-11-10-16(13-19(17)25-30(28)29)21(27)14-26-20-9-5-4-8-18(20)24-22(26)12-15-6-2-1-3-7-15;16-11-7-10(5-6-15(11)23(17,21)22)14(20)8-19-9-18-12-3-1-2-4-13(12)19;16-11-6-5-10(7-13(11)18-23(21)22)15(20)8-19-9-17-12-3-1-2-4-14(12)19;19-15(11-4-3-5-12(8-11)17-22(20)21)9-18-10-16-13-6-1-2-7-14(13)18;16-22(20,21)12-7-5-11(6-8-12)15(19)9-18-10-17-13-3-1-2-4-14(13)18/h1-11,13,25H,12,14H2,(H,28,29);1-7,9H,8H2,(H2,17,21,22);1-7,9,18H,8H2,(H,21,22);1-8,10,17H,9H2,(H,20,21);1-8,10H,9H2,(H2,16,20,21)/p-3. The average molecular weight is 1770 g/mol. The van der Waals surface area contributed by atoms with E-state index in [2.05, 4.69) is 34.1 Å². The average Bonchev–Trinajstić information content (AvgIpc) is 1.63. The number of hydrogen-bond donors (Lipinski definition) is 5. The Morgan fingerprint density at radius 3 is 1.12 bits per heavy atom. The topological polar surface area (TPSA) is 451 Å². The minimum Gasteiger partial charge on any atom is -0.755 e. The molecule has 38 heteroatoms. The van der Waals surface area contributed by atoms with Crippen LogP contribution in [-0.2, 0) is 93.0 Å². The van der Waals surface area contributed by atoms with Crippen LogP contribution in [0.1, 0.15) is 63.2 Å². The first-order valence-corrected chi connectivity index (χ1v) is 42.9. The molecule has 11 aromatic carbocycles. The van der Waals surface area contributed by atoms with Gasteiger partial charge in [-0.2, -0.15) is 0 Å². The maximum atomic E-state index is 13.0. The summed E-state index contributed by atoms with van der Waals surface area (Å²) in [5, 5.41) is 10.4. The number of benzene rings is 11. The highest BCUT2D eigenvalue weighted by molar-refractivity contribution is 7.89. The fourth-order valence-corrected chi connectivity index (χ4v) is 15.4. The minimum atomic E-state index is -3.91. The van der Waals surface area contributed by atoms with Crippen LogP contribution >= 0.6 is 34.8 Å². The quantitative estimate of drug-likeness (QED) is 0.0262. The molecule has 7 N–H and O–H groups in total. The summed E-state index contributed by atoms with van der Waals surface area (Å²) in [4.78, 5) is 83.9. The number of ketones is 5. The van der Waals surface area contributed by atoms with Gasteiger partial charge >= 0.3 is 0 Å². The largest absolute Gasteiger partial charge is 0.755 e. The van der Waals surface area contributed by atoms with Crippen molar-refractivity contribution >= 4 is 190 Å². The SMILES string of the molecule is NS(=O)(=O)c1ccc(C(=O)Cn2cnc3ccccc32)cc1.NS(=O)(=O)c1ccc(C(=O)Cn2cnc3ccccc32)cc1Cl.O=C(Cn1c(Cc2ccccc2)nc2ccccc21)c1ccc(Cl)c(NS(=O)[O-])c1.O=C(Cn1cnc2ccccc21)c1ccc(Cl)c(NS(=O)[O-])c1.O=C(Cn1cnc2ccccc21)c1cccc(NS(=O)[O-])c1. The third-order valence-corrected chi connectivity index (χ3v) is 22.2. The van der Waals surface area contributed by atoms with Gasteiger partial charge in [0.2, 0.25) is 20.0 Å². The van der Waals surface area contributed by atoms with E-state index in [0.717, 1.165) is 66.6 Å². The Kier molecular flexibility index (Phi) is 28.5. The van der Waals surface area contributed by atoms with Crippen LogP contribution in [0.2, 0.25) is 15.1 Å². The first kappa shape index (κ1) is 86.9. The molecule has 0 amide bonds. The molecule has 3 atom stereocenters. The minimum absolute atomic E-state index is 0.0165. The molecule has 5 aromatic heterocycles. The van der Waals surface area contributed by atoms with Crippen LogP contribution in [0.15, 0.2) is 290 Å². The van der Waals surface area contributed by atoms with Gasteiger partial charge in [0.1, 0.15) is 10.7 Å². The number of primary sulfonamides is 2. The first-order chi connectivity index (χ1) is 57.5. The third-order valence-electron chi connectivity index (χ3n) is 18.0. The maximum Gasteiger partial charge on any atom is 0.239 e. The lowest BCUT2D eigenvalue weighted by atomic mass is 10.1. The molecule has 0 saturated heterocycles. The summed E-state index contributed by atoms with van der Waals surface area (Å²) in [5.41, 5.74) is 12.0. The number of hydrogen-bond acceptors (Lipinski definition) is 20. The van der Waals surface area contributed by atoms with Crippen molar-refractivity contribution in [3.63, 3.8) is 0 Å². The number of Topliss-reactive ketones (excluding diaryl/α,β-unsaturated/α-hetero) is 5. The van der Waals surface area contributed by atoms with Crippen molar-refractivity contribution < 1.29 is 67.1 Å². The highest BCUT2D eigenvalue weighted by Crippen LogP contribution is 2.29. The molecule has 0 bridgehead atoms. The molecular formula is C82H65Cl3N15O15S5-3. The molecule has 5 heterocycles. The Balaban J connectivity index is 0.000000138. The van der Waals surface area contributed by atoms with Crippen LogP contribution in [0.25, 0.3) is 55.2 Å². The molecule has 16 aromatic rings. The van der Waals surface area contributed by atoms with Gasteiger partial charge in [-0.3, -0.25) is 36.6 Å². The zero-order valence-electron chi connectivity index (χ0n) is 62.2.